The van der Waals surface area contributed by atoms with Crippen molar-refractivity contribution in [2.75, 3.05) is 18.8 Å². The number of carbonyl (C=O) groups excluding carboxylic acids is 1. The van der Waals surface area contributed by atoms with Crippen LogP contribution < -0.4 is 19.7 Å². The van der Waals surface area contributed by atoms with Crippen molar-refractivity contribution in [2.24, 2.45) is 0 Å². The van der Waals surface area contributed by atoms with Crippen molar-refractivity contribution in [1.29, 1.82) is 0 Å². The standard InChI is InChI=1S/C27H22N4O4S/c1-33-26(32)18-7-2-3-9-20(18)30-14-6-10-21(30)25-24(19-8-4-5-13-28-19)29-27(36)31(25)17-11-12-22-23(15-17)35-16-34-22/h2-15,24-25H,16H2,1H3,(H,29,36). The first kappa shape index (κ1) is 22.1. The first-order chi connectivity index (χ1) is 17.7. The summed E-state index contributed by atoms with van der Waals surface area (Å²) < 4.78 is 18.2. The summed E-state index contributed by atoms with van der Waals surface area (Å²) in [5.41, 5.74) is 3.81. The van der Waals surface area contributed by atoms with Crippen molar-refractivity contribution in [3.05, 3.63) is 102 Å². The molecule has 4 aromatic rings. The molecule has 36 heavy (non-hydrogen) atoms. The third-order valence-electron chi connectivity index (χ3n) is 6.38. The number of aromatic nitrogens is 2. The number of thiocarbonyl (C=S) groups is 1. The molecule has 9 heteroatoms. The van der Waals surface area contributed by atoms with Gasteiger partial charge in [0.25, 0.3) is 0 Å². The first-order valence-electron chi connectivity index (χ1n) is 11.4. The number of nitrogens with zero attached hydrogens (tertiary/aromatic N) is 3. The molecule has 180 valence electrons. The van der Waals surface area contributed by atoms with E-state index in [0.717, 1.165) is 17.1 Å². The maximum Gasteiger partial charge on any atom is 0.339 e. The van der Waals surface area contributed by atoms with Gasteiger partial charge in [-0.2, -0.15) is 0 Å². The van der Waals surface area contributed by atoms with E-state index < -0.39 is 5.97 Å². The second kappa shape index (κ2) is 9.01. The van der Waals surface area contributed by atoms with E-state index in [1.165, 1.54) is 7.11 Å². The molecule has 0 spiro atoms. The molecule has 0 amide bonds. The molecule has 0 radical (unpaired) electrons. The highest BCUT2D eigenvalue weighted by molar-refractivity contribution is 7.80. The molecular weight excluding hydrogens is 476 g/mol. The largest absolute Gasteiger partial charge is 0.465 e. The first-order valence-corrected chi connectivity index (χ1v) is 11.8. The number of fused-ring (bicyclic) bond motifs is 1. The molecule has 2 aliphatic heterocycles. The van der Waals surface area contributed by atoms with Crippen molar-refractivity contribution >= 4 is 29.0 Å². The van der Waals surface area contributed by atoms with Gasteiger partial charge in [-0.25, -0.2) is 4.79 Å². The predicted molar refractivity (Wildman–Crippen MR) is 138 cm³/mol. The van der Waals surface area contributed by atoms with Crippen molar-refractivity contribution in [3.63, 3.8) is 0 Å². The molecule has 1 fully saturated rings. The Hall–Kier alpha value is -4.37. The van der Waals surface area contributed by atoms with Crippen LogP contribution in [-0.4, -0.2) is 34.5 Å². The van der Waals surface area contributed by atoms with Gasteiger partial charge in [-0.3, -0.25) is 4.98 Å². The smallest absolute Gasteiger partial charge is 0.339 e. The van der Waals surface area contributed by atoms with Gasteiger partial charge in [0.1, 0.15) is 6.04 Å². The van der Waals surface area contributed by atoms with E-state index in [1.54, 1.807) is 12.3 Å². The Kier molecular flexibility index (Phi) is 5.54. The molecule has 6 rings (SSSR count). The second-order valence-electron chi connectivity index (χ2n) is 8.35. The van der Waals surface area contributed by atoms with Crippen molar-refractivity contribution in [1.82, 2.24) is 14.9 Å². The lowest BCUT2D eigenvalue weighted by atomic mass is 10.0. The third-order valence-corrected chi connectivity index (χ3v) is 6.70. The minimum absolute atomic E-state index is 0.189. The minimum atomic E-state index is -0.403. The van der Waals surface area contributed by atoms with Crippen molar-refractivity contribution in [3.8, 4) is 17.2 Å². The van der Waals surface area contributed by atoms with E-state index in [9.17, 15) is 4.79 Å². The van der Waals surface area contributed by atoms with Crippen LogP contribution in [-0.2, 0) is 4.74 Å². The van der Waals surface area contributed by atoms with Gasteiger partial charge in [0, 0.05) is 29.8 Å². The fourth-order valence-electron chi connectivity index (χ4n) is 4.79. The molecule has 0 bridgehead atoms. The van der Waals surface area contributed by atoms with E-state index in [0.29, 0.717) is 27.9 Å². The quantitative estimate of drug-likeness (QED) is 0.317. The van der Waals surface area contributed by atoms with Crippen LogP contribution in [0.2, 0.25) is 0 Å². The molecule has 1 saturated heterocycles. The van der Waals surface area contributed by atoms with Crippen LogP contribution in [0.25, 0.3) is 5.69 Å². The van der Waals surface area contributed by atoms with Crippen LogP contribution in [0.3, 0.4) is 0 Å². The minimum Gasteiger partial charge on any atom is -0.465 e. The number of para-hydroxylation sites is 1. The fourth-order valence-corrected chi connectivity index (χ4v) is 5.14. The van der Waals surface area contributed by atoms with Crippen LogP contribution in [0.4, 0.5) is 5.69 Å². The lowest BCUT2D eigenvalue weighted by Gasteiger charge is -2.29. The molecule has 8 nitrogen and oxygen atoms in total. The summed E-state index contributed by atoms with van der Waals surface area (Å²) in [6.45, 7) is 0.189. The summed E-state index contributed by atoms with van der Waals surface area (Å²) >= 11 is 5.86. The number of nitrogens with one attached hydrogen (secondary N) is 1. The number of anilines is 1. The second-order valence-corrected chi connectivity index (χ2v) is 8.73. The zero-order chi connectivity index (χ0) is 24.6. The van der Waals surface area contributed by atoms with Gasteiger partial charge in [-0.1, -0.05) is 18.2 Å². The summed E-state index contributed by atoms with van der Waals surface area (Å²) in [6, 6.07) is 22.4. The number of hydrogen-bond donors (Lipinski definition) is 1. The van der Waals surface area contributed by atoms with Crippen molar-refractivity contribution in [2.45, 2.75) is 12.1 Å². The van der Waals surface area contributed by atoms with E-state index in [1.807, 2.05) is 77.5 Å². The number of hydrogen-bond acceptors (Lipinski definition) is 6. The summed E-state index contributed by atoms with van der Waals surface area (Å²) in [6.07, 6.45) is 3.71. The summed E-state index contributed by atoms with van der Waals surface area (Å²) in [4.78, 5) is 19.3. The predicted octanol–water partition coefficient (Wildman–Crippen LogP) is 4.56. The average Bonchev–Trinajstić information content (AvgIpc) is 3.66. The fraction of sp³-hybridized carbons (Fsp3) is 0.148. The van der Waals surface area contributed by atoms with Gasteiger partial charge in [0.05, 0.1) is 30.1 Å². The maximum absolute atomic E-state index is 12.6. The van der Waals surface area contributed by atoms with Crippen LogP contribution >= 0.6 is 12.2 Å². The molecule has 2 aromatic heterocycles. The Bertz CT molecular complexity index is 1460. The zero-order valence-electron chi connectivity index (χ0n) is 19.3. The molecular formula is C27H22N4O4S. The number of benzene rings is 2. The number of carbonyl (C=O) groups is 1. The number of ether oxygens (including phenoxy) is 3. The Morgan fingerprint density at radius 3 is 2.72 bits per heavy atom. The molecule has 0 saturated carbocycles. The number of methoxy groups -OCH3 is 1. The van der Waals surface area contributed by atoms with Gasteiger partial charge >= 0.3 is 5.97 Å². The Morgan fingerprint density at radius 1 is 1.06 bits per heavy atom. The summed E-state index contributed by atoms with van der Waals surface area (Å²) in [7, 11) is 1.38. The van der Waals surface area contributed by atoms with Crippen LogP contribution in [0.15, 0.2) is 85.2 Å². The van der Waals surface area contributed by atoms with Crippen LogP contribution in [0.5, 0.6) is 11.5 Å². The molecule has 2 aliphatic rings. The highest BCUT2D eigenvalue weighted by Crippen LogP contribution is 2.45. The summed E-state index contributed by atoms with van der Waals surface area (Å²) in [5, 5.41) is 4.03. The lowest BCUT2D eigenvalue weighted by Crippen LogP contribution is -2.30. The van der Waals surface area contributed by atoms with E-state index in [2.05, 4.69) is 15.2 Å². The third kappa shape index (κ3) is 3.64. The van der Waals surface area contributed by atoms with E-state index >= 15 is 0 Å². The summed E-state index contributed by atoms with van der Waals surface area (Å²) in [5.74, 6) is 0.964. The zero-order valence-corrected chi connectivity index (χ0v) is 20.1. The highest BCUT2D eigenvalue weighted by atomic mass is 32.1. The van der Waals surface area contributed by atoms with E-state index in [4.69, 9.17) is 26.4 Å². The molecule has 4 heterocycles. The van der Waals surface area contributed by atoms with Gasteiger partial charge in [-0.15, -0.1) is 0 Å². The van der Waals surface area contributed by atoms with Crippen molar-refractivity contribution < 1.29 is 19.0 Å². The van der Waals surface area contributed by atoms with Gasteiger partial charge in [-0.05, 0) is 60.7 Å². The van der Waals surface area contributed by atoms with Gasteiger partial charge < -0.3 is 29.0 Å². The highest BCUT2D eigenvalue weighted by Gasteiger charge is 2.42. The lowest BCUT2D eigenvalue weighted by molar-refractivity contribution is 0.0600. The van der Waals surface area contributed by atoms with Gasteiger partial charge in [0.15, 0.2) is 16.6 Å². The Balaban J connectivity index is 1.52. The molecule has 2 aromatic carbocycles. The molecule has 2 unspecified atom stereocenters. The number of rotatable bonds is 5. The topological polar surface area (TPSA) is 77.9 Å². The maximum atomic E-state index is 12.6. The number of esters is 1. The van der Waals surface area contributed by atoms with Gasteiger partial charge in [0.2, 0.25) is 6.79 Å². The normalized spacial score (nSPS) is 18.2. The Labute approximate surface area is 213 Å². The molecule has 0 aliphatic carbocycles. The SMILES string of the molecule is COC(=O)c1ccccc1-n1cccc1C1C(c2ccccn2)NC(=S)N1c1ccc2c(c1)OCO2. The molecule has 1 N–H and O–H groups in total. The van der Waals surface area contributed by atoms with Crippen LogP contribution in [0, 0.1) is 0 Å². The molecule has 2 atom stereocenters. The van der Waals surface area contributed by atoms with Crippen LogP contribution in [0.1, 0.15) is 33.8 Å². The monoisotopic (exact) mass is 498 g/mol. The van der Waals surface area contributed by atoms with E-state index in [-0.39, 0.29) is 18.9 Å². The average molecular weight is 499 g/mol. The number of pyridine rings is 1. The Morgan fingerprint density at radius 2 is 1.89 bits per heavy atom.